The van der Waals surface area contributed by atoms with Crippen LogP contribution in [0.25, 0.3) is 0 Å². The van der Waals surface area contributed by atoms with Gasteiger partial charge in [0.05, 0.1) is 6.42 Å². The molecule has 1 saturated carbocycles. The first kappa shape index (κ1) is 10.2. The summed E-state index contributed by atoms with van der Waals surface area (Å²) in [6.45, 7) is 0. The summed E-state index contributed by atoms with van der Waals surface area (Å²) in [6, 6.07) is 0. The van der Waals surface area contributed by atoms with Crippen LogP contribution in [0, 0.1) is 0 Å². The SMILES string of the molecule is CN(C)C=C1CCC(F)(F)CC1=O. The van der Waals surface area contributed by atoms with E-state index in [0.717, 1.165) is 0 Å². The van der Waals surface area contributed by atoms with Gasteiger partial charge < -0.3 is 4.90 Å². The van der Waals surface area contributed by atoms with Crippen LogP contribution in [0.4, 0.5) is 8.78 Å². The summed E-state index contributed by atoms with van der Waals surface area (Å²) in [6.07, 6.45) is 0.965. The number of alkyl halides is 2. The fourth-order valence-electron chi connectivity index (χ4n) is 1.34. The van der Waals surface area contributed by atoms with E-state index in [9.17, 15) is 13.6 Å². The first-order chi connectivity index (χ1) is 5.91. The van der Waals surface area contributed by atoms with Crippen molar-refractivity contribution in [2.45, 2.75) is 25.2 Å². The van der Waals surface area contributed by atoms with E-state index in [0.29, 0.717) is 5.57 Å². The van der Waals surface area contributed by atoms with Crippen LogP contribution in [0.2, 0.25) is 0 Å². The molecule has 0 bridgehead atoms. The minimum atomic E-state index is -2.79. The Kier molecular flexibility index (Phi) is 2.68. The quantitative estimate of drug-likeness (QED) is 0.586. The summed E-state index contributed by atoms with van der Waals surface area (Å²) in [5.74, 6) is -3.22. The third-order valence-electron chi connectivity index (χ3n) is 1.95. The number of allylic oxidation sites excluding steroid dienone is 1. The van der Waals surface area contributed by atoms with Gasteiger partial charge in [0.2, 0.25) is 0 Å². The van der Waals surface area contributed by atoms with Gasteiger partial charge in [0, 0.05) is 32.3 Å². The number of ketones is 1. The zero-order valence-corrected chi connectivity index (χ0v) is 7.81. The van der Waals surface area contributed by atoms with E-state index in [2.05, 4.69) is 0 Å². The monoisotopic (exact) mass is 189 g/mol. The molecule has 0 unspecified atom stereocenters. The number of Topliss-reactive ketones (excluding diaryl/α,β-unsaturated/α-hetero) is 1. The van der Waals surface area contributed by atoms with Crippen molar-refractivity contribution in [2.24, 2.45) is 0 Å². The van der Waals surface area contributed by atoms with Gasteiger partial charge in [-0.2, -0.15) is 0 Å². The molecule has 1 fully saturated rings. The normalized spacial score (nSPS) is 24.9. The average molecular weight is 189 g/mol. The van der Waals surface area contributed by atoms with Crippen LogP contribution in [-0.2, 0) is 4.79 Å². The van der Waals surface area contributed by atoms with Crippen LogP contribution in [0.5, 0.6) is 0 Å². The van der Waals surface area contributed by atoms with Crippen LogP contribution in [-0.4, -0.2) is 30.7 Å². The fourth-order valence-corrected chi connectivity index (χ4v) is 1.34. The molecule has 74 valence electrons. The van der Waals surface area contributed by atoms with E-state index in [1.165, 1.54) is 0 Å². The number of nitrogens with zero attached hydrogens (tertiary/aromatic N) is 1. The second-order valence-electron chi connectivity index (χ2n) is 3.57. The lowest BCUT2D eigenvalue weighted by atomic mass is 9.91. The van der Waals surface area contributed by atoms with Crippen LogP contribution in [0.15, 0.2) is 11.8 Å². The summed E-state index contributed by atoms with van der Waals surface area (Å²) < 4.78 is 25.4. The molecule has 13 heavy (non-hydrogen) atoms. The van der Waals surface area contributed by atoms with Crippen LogP contribution in [0.1, 0.15) is 19.3 Å². The number of hydrogen-bond donors (Lipinski definition) is 0. The van der Waals surface area contributed by atoms with E-state index < -0.39 is 18.1 Å². The number of rotatable bonds is 1. The molecule has 0 amide bonds. The zero-order chi connectivity index (χ0) is 10.1. The predicted molar refractivity (Wildman–Crippen MR) is 45.6 cm³/mol. The summed E-state index contributed by atoms with van der Waals surface area (Å²) in [5.41, 5.74) is 0.510. The molecule has 1 aliphatic rings. The maximum absolute atomic E-state index is 12.7. The highest BCUT2D eigenvalue weighted by atomic mass is 19.3. The van der Waals surface area contributed by atoms with Crippen molar-refractivity contribution in [3.8, 4) is 0 Å². The molecule has 0 saturated heterocycles. The smallest absolute Gasteiger partial charge is 0.255 e. The molecular weight excluding hydrogens is 176 g/mol. The molecule has 0 aromatic rings. The lowest BCUT2D eigenvalue weighted by Crippen LogP contribution is -2.28. The molecule has 0 heterocycles. The summed E-state index contributed by atoms with van der Waals surface area (Å²) in [7, 11) is 3.54. The first-order valence-corrected chi connectivity index (χ1v) is 4.19. The Labute approximate surface area is 76.2 Å². The average Bonchev–Trinajstić information content (AvgIpc) is 1.93. The van der Waals surface area contributed by atoms with Gasteiger partial charge in [-0.1, -0.05) is 0 Å². The minimum Gasteiger partial charge on any atom is -0.383 e. The Morgan fingerprint density at radius 2 is 2.08 bits per heavy atom. The lowest BCUT2D eigenvalue weighted by molar-refractivity contribution is -0.126. The van der Waals surface area contributed by atoms with Crippen molar-refractivity contribution in [2.75, 3.05) is 14.1 Å². The van der Waals surface area contributed by atoms with Crippen LogP contribution in [0.3, 0.4) is 0 Å². The Bertz CT molecular complexity index is 246. The molecule has 0 atom stereocenters. The minimum absolute atomic E-state index is 0.185. The van der Waals surface area contributed by atoms with Crippen molar-refractivity contribution >= 4 is 5.78 Å². The van der Waals surface area contributed by atoms with Crippen LogP contribution < -0.4 is 0 Å². The Hall–Kier alpha value is -0.930. The lowest BCUT2D eigenvalue weighted by Gasteiger charge is -2.23. The molecule has 0 aromatic heterocycles. The molecule has 4 heteroatoms. The molecule has 0 aliphatic heterocycles. The molecule has 0 radical (unpaired) electrons. The van der Waals surface area contributed by atoms with Gasteiger partial charge >= 0.3 is 0 Å². The standard InChI is InChI=1S/C9H13F2NO/c1-12(2)6-7-3-4-9(10,11)5-8(7)13/h6H,3-5H2,1-2H3. The number of halogens is 2. The van der Waals surface area contributed by atoms with Gasteiger partial charge in [0.15, 0.2) is 5.78 Å². The topological polar surface area (TPSA) is 20.3 Å². The van der Waals surface area contributed by atoms with Gasteiger partial charge in [0.1, 0.15) is 0 Å². The molecule has 0 aromatic carbocycles. The molecule has 2 nitrogen and oxygen atoms in total. The Morgan fingerprint density at radius 1 is 1.46 bits per heavy atom. The molecular formula is C9H13F2NO. The highest BCUT2D eigenvalue weighted by Gasteiger charge is 2.37. The highest BCUT2D eigenvalue weighted by molar-refractivity contribution is 5.96. The zero-order valence-electron chi connectivity index (χ0n) is 7.81. The Morgan fingerprint density at radius 3 is 2.54 bits per heavy atom. The van der Waals surface area contributed by atoms with Crippen molar-refractivity contribution < 1.29 is 13.6 Å². The maximum Gasteiger partial charge on any atom is 0.255 e. The first-order valence-electron chi connectivity index (χ1n) is 4.19. The molecule has 1 rings (SSSR count). The fraction of sp³-hybridized carbons (Fsp3) is 0.667. The van der Waals surface area contributed by atoms with E-state index in [-0.39, 0.29) is 12.8 Å². The number of hydrogen-bond acceptors (Lipinski definition) is 2. The van der Waals surface area contributed by atoms with Gasteiger partial charge in [-0.15, -0.1) is 0 Å². The number of carbonyl (C=O) groups is 1. The highest BCUT2D eigenvalue weighted by Crippen LogP contribution is 2.33. The van der Waals surface area contributed by atoms with Crippen molar-refractivity contribution in [1.29, 1.82) is 0 Å². The van der Waals surface area contributed by atoms with E-state index >= 15 is 0 Å². The van der Waals surface area contributed by atoms with E-state index in [4.69, 9.17) is 0 Å². The van der Waals surface area contributed by atoms with Crippen molar-refractivity contribution in [1.82, 2.24) is 4.90 Å². The van der Waals surface area contributed by atoms with E-state index in [1.54, 1.807) is 25.2 Å². The van der Waals surface area contributed by atoms with Crippen molar-refractivity contribution in [3.63, 3.8) is 0 Å². The van der Waals surface area contributed by atoms with Gasteiger partial charge in [0.25, 0.3) is 5.92 Å². The largest absolute Gasteiger partial charge is 0.383 e. The van der Waals surface area contributed by atoms with Gasteiger partial charge in [-0.25, -0.2) is 8.78 Å². The van der Waals surface area contributed by atoms with Gasteiger partial charge in [-0.05, 0) is 6.42 Å². The maximum atomic E-state index is 12.7. The molecule has 0 N–H and O–H groups in total. The summed E-state index contributed by atoms with van der Waals surface area (Å²) in [5, 5.41) is 0. The Balaban J connectivity index is 2.70. The summed E-state index contributed by atoms with van der Waals surface area (Å²) >= 11 is 0. The molecule has 1 aliphatic carbocycles. The second-order valence-corrected chi connectivity index (χ2v) is 3.57. The van der Waals surface area contributed by atoms with Gasteiger partial charge in [-0.3, -0.25) is 4.79 Å². The van der Waals surface area contributed by atoms with E-state index in [1.807, 2.05) is 0 Å². The molecule has 0 spiro atoms. The third kappa shape index (κ3) is 2.79. The second kappa shape index (κ2) is 3.44. The van der Waals surface area contributed by atoms with Crippen molar-refractivity contribution in [3.05, 3.63) is 11.8 Å². The number of carbonyl (C=O) groups excluding carboxylic acids is 1. The third-order valence-corrected chi connectivity index (χ3v) is 1.95. The predicted octanol–water partition coefficient (Wildman–Crippen LogP) is 1.82. The summed E-state index contributed by atoms with van der Waals surface area (Å²) in [4.78, 5) is 12.9. The van der Waals surface area contributed by atoms with Crippen LogP contribution >= 0.6 is 0 Å².